The van der Waals surface area contributed by atoms with Crippen LogP contribution >= 0.6 is 0 Å². The van der Waals surface area contributed by atoms with Crippen LogP contribution in [0.15, 0.2) is 115 Å². The van der Waals surface area contributed by atoms with Crippen molar-refractivity contribution in [3.05, 3.63) is 169 Å². The molecule has 8 rings (SSSR count). The van der Waals surface area contributed by atoms with Crippen LogP contribution < -0.4 is 33.2 Å². The van der Waals surface area contributed by atoms with Crippen LogP contribution in [-0.4, -0.2) is 47.7 Å². The van der Waals surface area contributed by atoms with Gasteiger partial charge in [-0.15, -0.1) is 24.3 Å². The number of methoxy groups -OCH3 is 4. The number of alkyl halides is 3. The van der Waals surface area contributed by atoms with Gasteiger partial charge in [0.1, 0.15) is 17.2 Å². The summed E-state index contributed by atoms with van der Waals surface area (Å²) in [4.78, 5) is 3.87. The number of imidazole rings is 2. The van der Waals surface area contributed by atoms with E-state index >= 15 is 0 Å². The Morgan fingerprint density at radius 3 is 1.47 bits per heavy atom. The maximum atomic E-state index is 12.2. The molecule has 0 unspecified atom stereocenters. The molecule has 1 radical (unpaired) electrons. The molecule has 0 amide bonds. The second-order valence-corrected chi connectivity index (χ2v) is 13.3. The van der Waals surface area contributed by atoms with E-state index < -0.39 is 11.9 Å². The third-order valence-corrected chi connectivity index (χ3v) is 9.64. The quantitative estimate of drug-likeness (QED) is 0.107. The second-order valence-electron chi connectivity index (χ2n) is 13.3. The summed E-state index contributed by atoms with van der Waals surface area (Å²) in [5.41, 5.74) is 7.71. The van der Waals surface area contributed by atoms with Gasteiger partial charge in [-0.25, -0.2) is 0 Å². The number of benzene rings is 4. The molecule has 0 saturated heterocycles. The molecule has 0 N–H and O–H groups in total. The van der Waals surface area contributed by atoms with E-state index in [1.165, 1.54) is 6.20 Å². The van der Waals surface area contributed by atoms with Crippen molar-refractivity contribution in [3.63, 3.8) is 0 Å². The van der Waals surface area contributed by atoms with E-state index in [9.17, 15) is 13.2 Å². The minimum absolute atomic E-state index is 0. The first-order valence-corrected chi connectivity index (χ1v) is 18.8. The monoisotopic (exact) mass is 1020 g/mol. The van der Waals surface area contributed by atoms with Gasteiger partial charge in [0.2, 0.25) is 0 Å². The van der Waals surface area contributed by atoms with Crippen LogP contribution in [0.3, 0.4) is 0 Å². The number of rotatable bonds is 9. The van der Waals surface area contributed by atoms with Crippen molar-refractivity contribution >= 4 is 0 Å². The van der Waals surface area contributed by atoms with E-state index in [0.29, 0.717) is 5.69 Å². The molecule has 0 fully saturated rings. The molecule has 0 aliphatic heterocycles. The molecule has 15 heteroatoms. The molecular formula is C47H43F3IrN7O4-3. The number of aromatic nitrogens is 7. The van der Waals surface area contributed by atoms with Crippen molar-refractivity contribution in [1.82, 2.24) is 24.3 Å². The molecule has 62 heavy (non-hydrogen) atoms. The maximum Gasteiger partial charge on any atom is 0.431 e. The Morgan fingerprint density at radius 1 is 0.597 bits per heavy atom. The standard InChI is InChI=1S/2C19H19N2O2.C9H5F3N3.Ir/c2*1-14-15(2)21(17-8-6-10-19(12-17)23-4)13-20(14)16-7-5-9-18(11-16)22-3;10-9(11,12)8-5-7(14-15-8)6-3-1-2-4-13-6;/h2*5-7,9-12H,1-4H3;1-5H;/q3*-1;. The van der Waals surface area contributed by atoms with Crippen LogP contribution in [0.4, 0.5) is 13.2 Å². The van der Waals surface area contributed by atoms with Crippen molar-refractivity contribution in [3.8, 4) is 57.1 Å². The second kappa shape index (κ2) is 20.7. The number of halogens is 3. The fourth-order valence-corrected chi connectivity index (χ4v) is 6.07. The smallest absolute Gasteiger partial charge is 0.431 e. The van der Waals surface area contributed by atoms with Crippen molar-refractivity contribution < 1.29 is 61.4 Å². The largest absolute Gasteiger partial charge is 0.573 e. The van der Waals surface area contributed by atoms with Crippen LogP contribution in [0, 0.1) is 52.5 Å². The summed E-state index contributed by atoms with van der Waals surface area (Å²) in [6, 6.07) is 39.4. The van der Waals surface area contributed by atoms with Crippen LogP contribution in [0.1, 0.15) is 28.5 Å². The Bertz CT molecular complexity index is 2440. The van der Waals surface area contributed by atoms with Crippen LogP contribution in [-0.2, 0) is 26.3 Å². The normalized spacial score (nSPS) is 10.7. The van der Waals surface area contributed by atoms with Gasteiger partial charge in [0, 0.05) is 54.9 Å². The average Bonchev–Trinajstić information content (AvgIpc) is 4.00. The average molecular weight is 1020 g/mol. The van der Waals surface area contributed by atoms with Crippen molar-refractivity contribution in [2.75, 3.05) is 28.4 Å². The SMILES string of the molecule is COc1cc[c-]c(-n2[c-][n+](-c3cccc(OC)c3)c(C)c2C)c1.COc1cc[c-]c(-n2[c-][n+](-c3cccc(OC)c3)c(C)c2C)c1.FC(F)(F)c1cc(-c2ccccn2)[n-]n1.[Ir]. The number of hydrogen-bond acceptors (Lipinski definition) is 6. The van der Waals surface area contributed by atoms with Gasteiger partial charge in [-0.3, -0.25) is 14.1 Å². The summed E-state index contributed by atoms with van der Waals surface area (Å²) in [5, 5.41) is 6.47. The molecule has 0 saturated carbocycles. The number of pyridine rings is 1. The van der Waals surface area contributed by atoms with Gasteiger partial charge in [0.15, 0.2) is 0 Å². The summed E-state index contributed by atoms with van der Waals surface area (Å²) in [7, 11) is 6.66. The molecule has 4 aromatic carbocycles. The summed E-state index contributed by atoms with van der Waals surface area (Å²) in [5.74, 6) is 3.24. The predicted octanol–water partition coefficient (Wildman–Crippen LogP) is 8.09. The zero-order valence-electron chi connectivity index (χ0n) is 35.2. The molecule has 8 aromatic rings. The Morgan fingerprint density at radius 2 is 1.06 bits per heavy atom. The Hall–Kier alpha value is -6.70. The summed E-state index contributed by atoms with van der Waals surface area (Å²) < 4.78 is 65.8. The van der Waals surface area contributed by atoms with Gasteiger partial charge in [-0.1, -0.05) is 23.9 Å². The van der Waals surface area contributed by atoms with Gasteiger partial charge < -0.3 is 38.3 Å². The molecule has 4 heterocycles. The maximum absolute atomic E-state index is 12.2. The number of hydrogen-bond donors (Lipinski definition) is 0. The minimum Gasteiger partial charge on any atom is -0.573 e. The number of ether oxygens (including phenoxy) is 4. The van der Waals surface area contributed by atoms with E-state index in [-0.39, 0.29) is 25.8 Å². The first-order chi connectivity index (χ1) is 29.3. The zero-order chi connectivity index (χ0) is 43.7. The van der Waals surface area contributed by atoms with Crippen LogP contribution in [0.25, 0.3) is 34.1 Å². The summed E-state index contributed by atoms with van der Waals surface area (Å²) >= 11 is 0. The summed E-state index contributed by atoms with van der Waals surface area (Å²) in [6.45, 7) is 8.27. The third-order valence-electron chi connectivity index (χ3n) is 9.64. The first kappa shape index (κ1) is 46.4. The Kier molecular flexibility index (Phi) is 15.5. The van der Waals surface area contributed by atoms with E-state index in [1.54, 1.807) is 46.6 Å². The van der Waals surface area contributed by atoms with Crippen LogP contribution in [0.2, 0.25) is 0 Å². The molecule has 0 aliphatic carbocycles. The van der Waals surface area contributed by atoms with E-state index in [2.05, 4.69) is 67.7 Å². The van der Waals surface area contributed by atoms with Crippen LogP contribution in [0.5, 0.6) is 23.0 Å². The van der Waals surface area contributed by atoms with Crippen molar-refractivity contribution in [1.29, 1.82) is 0 Å². The molecule has 323 valence electrons. The van der Waals surface area contributed by atoms with E-state index in [0.717, 1.165) is 74.6 Å². The van der Waals surface area contributed by atoms with Gasteiger partial charge in [-0.05, 0) is 93.7 Å². The van der Waals surface area contributed by atoms with E-state index in [1.807, 2.05) is 103 Å². The topological polar surface area (TPSA) is 94.4 Å². The fraction of sp³-hybridized carbons (Fsp3) is 0.191. The first-order valence-electron chi connectivity index (χ1n) is 18.8. The fourth-order valence-electron chi connectivity index (χ4n) is 6.07. The summed E-state index contributed by atoms with van der Waals surface area (Å²) in [6.07, 6.45) is 3.78. The van der Waals surface area contributed by atoms with Crippen molar-refractivity contribution in [2.24, 2.45) is 0 Å². The Balaban J connectivity index is 0.000000178. The molecule has 0 spiro atoms. The Labute approximate surface area is 372 Å². The molecule has 4 aromatic heterocycles. The minimum atomic E-state index is -4.46. The van der Waals surface area contributed by atoms with Gasteiger partial charge >= 0.3 is 6.18 Å². The molecule has 0 bridgehead atoms. The van der Waals surface area contributed by atoms with Gasteiger partial charge in [0.05, 0.1) is 51.2 Å². The third kappa shape index (κ3) is 10.8. The number of nitrogens with zero attached hydrogens (tertiary/aromatic N) is 7. The zero-order valence-corrected chi connectivity index (χ0v) is 37.6. The molecule has 0 atom stereocenters. The molecule has 11 nitrogen and oxygen atoms in total. The predicted molar refractivity (Wildman–Crippen MR) is 221 cm³/mol. The van der Waals surface area contributed by atoms with Crippen molar-refractivity contribution in [2.45, 2.75) is 33.9 Å². The van der Waals surface area contributed by atoms with Gasteiger partial charge in [-0.2, -0.15) is 37.4 Å². The molecular weight excluding hydrogens is 976 g/mol. The molecule has 0 aliphatic rings. The van der Waals surface area contributed by atoms with E-state index in [4.69, 9.17) is 18.9 Å². The van der Waals surface area contributed by atoms with Gasteiger partial charge in [0.25, 0.3) is 12.7 Å².